The molecule has 5 heteroatoms. The van der Waals surface area contributed by atoms with Gasteiger partial charge in [-0.3, -0.25) is 4.98 Å². The first-order valence-corrected chi connectivity index (χ1v) is 6.57. The Bertz CT molecular complexity index is 854. The predicted octanol–water partition coefficient (Wildman–Crippen LogP) is 1.93. The van der Waals surface area contributed by atoms with Crippen molar-refractivity contribution in [1.82, 2.24) is 4.98 Å². The van der Waals surface area contributed by atoms with Gasteiger partial charge in [0.25, 0.3) is 0 Å². The third-order valence-electron chi connectivity index (χ3n) is 3.80. The topological polar surface area (TPSA) is 81.7 Å². The fourth-order valence-corrected chi connectivity index (χ4v) is 2.85. The molecule has 0 amide bonds. The Kier molecular flexibility index (Phi) is 2.81. The number of aromatic nitrogens is 2. The summed E-state index contributed by atoms with van der Waals surface area (Å²) in [4.78, 5) is 3.31. The number of hydrazine groups is 1. The van der Waals surface area contributed by atoms with Crippen LogP contribution in [0.3, 0.4) is 0 Å². The Morgan fingerprint density at radius 3 is 2.80 bits per heavy atom. The summed E-state index contributed by atoms with van der Waals surface area (Å²) < 4.78 is 1.99. The SMILES string of the molecule is CCc1c(C)c(C#N)c2[nH]c3ccccc3[n+]2c1NN. The smallest absolute Gasteiger partial charge is 0.250 e. The summed E-state index contributed by atoms with van der Waals surface area (Å²) in [6.07, 6.45) is 0.808. The van der Waals surface area contributed by atoms with Gasteiger partial charge in [-0.25, -0.2) is 11.3 Å². The molecule has 20 heavy (non-hydrogen) atoms. The van der Waals surface area contributed by atoms with Crippen LogP contribution < -0.4 is 15.7 Å². The second-order valence-corrected chi connectivity index (χ2v) is 4.76. The van der Waals surface area contributed by atoms with E-state index in [0.29, 0.717) is 5.56 Å². The van der Waals surface area contributed by atoms with Crippen molar-refractivity contribution in [3.63, 3.8) is 0 Å². The number of benzene rings is 1. The van der Waals surface area contributed by atoms with Gasteiger partial charge >= 0.3 is 0 Å². The van der Waals surface area contributed by atoms with Gasteiger partial charge in [0.2, 0.25) is 11.5 Å². The number of fused-ring (bicyclic) bond motifs is 3. The molecule has 0 fully saturated rings. The molecule has 0 aliphatic rings. The largest absolute Gasteiger partial charge is 0.269 e. The van der Waals surface area contributed by atoms with Crippen molar-refractivity contribution in [3.05, 3.63) is 41.0 Å². The van der Waals surface area contributed by atoms with E-state index in [9.17, 15) is 5.26 Å². The zero-order chi connectivity index (χ0) is 14.3. The minimum Gasteiger partial charge on any atom is -0.269 e. The maximum Gasteiger partial charge on any atom is 0.250 e. The van der Waals surface area contributed by atoms with Gasteiger partial charge in [-0.05, 0) is 31.0 Å². The molecule has 0 saturated heterocycles. The second kappa shape index (κ2) is 4.51. The molecule has 0 saturated carbocycles. The number of rotatable bonds is 2. The van der Waals surface area contributed by atoms with Crippen LogP contribution in [-0.2, 0) is 6.42 Å². The van der Waals surface area contributed by atoms with Gasteiger partial charge in [0.15, 0.2) is 0 Å². The Hall–Kier alpha value is -2.58. The van der Waals surface area contributed by atoms with Crippen molar-refractivity contribution in [1.29, 1.82) is 5.26 Å². The van der Waals surface area contributed by atoms with Crippen molar-refractivity contribution in [2.75, 3.05) is 5.43 Å². The van der Waals surface area contributed by atoms with E-state index >= 15 is 0 Å². The lowest BCUT2D eigenvalue weighted by Gasteiger charge is -2.09. The highest BCUT2D eigenvalue weighted by atomic mass is 15.3. The van der Waals surface area contributed by atoms with Gasteiger partial charge in [-0.1, -0.05) is 19.1 Å². The number of anilines is 1. The number of nitriles is 1. The number of nitrogens with zero attached hydrogens (tertiary/aromatic N) is 2. The summed E-state index contributed by atoms with van der Waals surface area (Å²) in [5.74, 6) is 6.57. The van der Waals surface area contributed by atoms with Gasteiger partial charge in [-0.15, -0.1) is 0 Å². The maximum atomic E-state index is 9.49. The normalized spacial score (nSPS) is 10.9. The summed E-state index contributed by atoms with van der Waals surface area (Å²) in [6.45, 7) is 4.02. The zero-order valence-corrected chi connectivity index (χ0v) is 11.5. The van der Waals surface area contributed by atoms with Crippen LogP contribution in [0, 0.1) is 18.3 Å². The van der Waals surface area contributed by atoms with Crippen LogP contribution in [0.4, 0.5) is 5.82 Å². The number of nitrogens with one attached hydrogen (secondary N) is 2. The fraction of sp³-hybridized carbons (Fsp3) is 0.200. The van der Waals surface area contributed by atoms with Gasteiger partial charge in [0, 0.05) is 5.56 Å². The Morgan fingerprint density at radius 1 is 1.40 bits per heavy atom. The molecule has 0 spiro atoms. The lowest BCUT2D eigenvalue weighted by Crippen LogP contribution is -2.31. The van der Waals surface area contributed by atoms with Crippen LogP contribution in [0.2, 0.25) is 0 Å². The fourth-order valence-electron chi connectivity index (χ4n) is 2.85. The first-order valence-electron chi connectivity index (χ1n) is 6.57. The summed E-state index contributed by atoms with van der Waals surface area (Å²) >= 11 is 0. The second-order valence-electron chi connectivity index (χ2n) is 4.76. The molecule has 2 aromatic heterocycles. The molecule has 3 rings (SSSR count). The summed E-state index contributed by atoms with van der Waals surface area (Å²) in [6, 6.07) is 10.2. The number of pyridine rings is 1. The molecule has 100 valence electrons. The van der Waals surface area contributed by atoms with Crippen LogP contribution in [0.25, 0.3) is 16.7 Å². The van der Waals surface area contributed by atoms with E-state index in [4.69, 9.17) is 5.84 Å². The highest BCUT2D eigenvalue weighted by Crippen LogP contribution is 2.24. The molecular weight excluding hydrogens is 250 g/mol. The lowest BCUT2D eigenvalue weighted by molar-refractivity contribution is -0.465. The van der Waals surface area contributed by atoms with Crippen molar-refractivity contribution >= 4 is 22.5 Å². The quantitative estimate of drug-likeness (QED) is 0.376. The van der Waals surface area contributed by atoms with E-state index in [1.54, 1.807) is 0 Å². The zero-order valence-electron chi connectivity index (χ0n) is 11.5. The standard InChI is InChI=1S/C15H15N5/c1-3-10-9(2)11(8-16)14-18-12-6-4-5-7-13(12)20(14)15(10)19-17/h4-7H,3,17H2,1-2H3,(H,18,19)/p+1. The molecule has 3 aromatic rings. The molecule has 1 aromatic carbocycles. The van der Waals surface area contributed by atoms with E-state index in [2.05, 4.69) is 23.4 Å². The maximum absolute atomic E-state index is 9.49. The Morgan fingerprint density at radius 2 is 2.15 bits per heavy atom. The lowest BCUT2D eigenvalue weighted by atomic mass is 10.0. The molecule has 5 nitrogen and oxygen atoms in total. The van der Waals surface area contributed by atoms with Gasteiger partial charge in [0.1, 0.15) is 22.7 Å². The van der Waals surface area contributed by atoms with Crippen LogP contribution in [0.5, 0.6) is 0 Å². The summed E-state index contributed by atoms with van der Waals surface area (Å²) in [7, 11) is 0. The third-order valence-corrected chi connectivity index (χ3v) is 3.80. The van der Waals surface area contributed by atoms with E-state index < -0.39 is 0 Å². The van der Waals surface area contributed by atoms with E-state index in [-0.39, 0.29) is 0 Å². The number of nitrogen functional groups attached to an aromatic ring is 1. The molecule has 0 aliphatic heterocycles. The number of imidazole rings is 1. The number of hydrogen-bond acceptors (Lipinski definition) is 3. The first kappa shape index (κ1) is 12.5. The molecule has 0 unspecified atom stereocenters. The minimum absolute atomic E-state index is 0.664. The average molecular weight is 266 g/mol. The number of aromatic amines is 1. The van der Waals surface area contributed by atoms with Gasteiger partial charge in [-0.2, -0.15) is 9.66 Å². The third kappa shape index (κ3) is 1.49. The van der Waals surface area contributed by atoms with Crippen LogP contribution in [0.1, 0.15) is 23.6 Å². The molecule has 0 radical (unpaired) electrons. The Balaban J connectivity index is 2.64. The highest BCUT2D eigenvalue weighted by Gasteiger charge is 2.23. The van der Waals surface area contributed by atoms with Crippen molar-refractivity contribution in [2.45, 2.75) is 20.3 Å². The van der Waals surface area contributed by atoms with Crippen LogP contribution in [0.15, 0.2) is 24.3 Å². The monoisotopic (exact) mass is 266 g/mol. The van der Waals surface area contributed by atoms with E-state index in [1.165, 1.54) is 0 Å². The van der Waals surface area contributed by atoms with Crippen molar-refractivity contribution in [2.24, 2.45) is 5.84 Å². The molecule has 2 heterocycles. The number of para-hydroxylation sites is 2. The van der Waals surface area contributed by atoms with Crippen molar-refractivity contribution < 1.29 is 4.40 Å². The Labute approximate surface area is 116 Å². The number of H-pyrrole nitrogens is 1. The summed E-state index contributed by atoms with van der Waals surface area (Å²) in [5.41, 5.74) is 8.24. The molecule has 0 aliphatic carbocycles. The molecule has 0 atom stereocenters. The predicted molar refractivity (Wildman–Crippen MR) is 78.1 cm³/mol. The number of hydrogen-bond donors (Lipinski definition) is 3. The molecule has 0 bridgehead atoms. The highest BCUT2D eigenvalue weighted by molar-refractivity contribution is 5.77. The van der Waals surface area contributed by atoms with E-state index in [0.717, 1.165) is 40.0 Å². The minimum atomic E-state index is 0.664. The number of nitrogens with two attached hydrogens (primary N) is 1. The van der Waals surface area contributed by atoms with Crippen LogP contribution >= 0.6 is 0 Å². The first-order chi connectivity index (χ1) is 9.72. The van der Waals surface area contributed by atoms with E-state index in [1.807, 2.05) is 35.6 Å². The van der Waals surface area contributed by atoms with Crippen molar-refractivity contribution in [3.8, 4) is 6.07 Å². The van der Waals surface area contributed by atoms with Crippen LogP contribution in [-0.4, -0.2) is 4.98 Å². The summed E-state index contributed by atoms with van der Waals surface area (Å²) in [5, 5.41) is 9.49. The van der Waals surface area contributed by atoms with Gasteiger partial charge in [0.05, 0.1) is 0 Å². The average Bonchev–Trinajstić information content (AvgIpc) is 2.84. The molecular formula is C15H16N5+. The molecule has 4 N–H and O–H groups in total. The van der Waals surface area contributed by atoms with Gasteiger partial charge < -0.3 is 0 Å².